The average molecular weight is 229 g/mol. The van der Waals surface area contributed by atoms with E-state index in [2.05, 4.69) is 18.2 Å². The van der Waals surface area contributed by atoms with Crippen molar-refractivity contribution in [3.63, 3.8) is 0 Å². The molecule has 3 heteroatoms. The largest absolute Gasteiger partial charge is 0.286 e. The fourth-order valence-electron chi connectivity index (χ4n) is 1.91. The molecule has 2 rings (SSSR count). The minimum absolute atomic E-state index is 0.266. The van der Waals surface area contributed by atoms with Gasteiger partial charge in [0.25, 0.3) is 0 Å². The fourth-order valence-corrected chi connectivity index (χ4v) is 1.91. The Labute approximate surface area is 100 Å². The molecule has 0 aromatic heterocycles. The van der Waals surface area contributed by atoms with Gasteiger partial charge in [0.15, 0.2) is 0 Å². The van der Waals surface area contributed by atoms with E-state index in [1.54, 1.807) is 0 Å². The lowest BCUT2D eigenvalue weighted by molar-refractivity contribution is -0.159. The number of carbonyl (C=O) groups is 1. The normalized spacial score (nSPS) is 10.5. The van der Waals surface area contributed by atoms with E-state index in [1.165, 1.54) is 17.8 Å². The predicted octanol–water partition coefficient (Wildman–Crippen LogP) is 2.62. The van der Waals surface area contributed by atoms with Gasteiger partial charge >= 0.3 is 0 Å². The standard InChI is InChI=1S/C14H15NO2/c1-15(17)14(16)10-9-12-7-4-6-11-5-2-3-8-13(11)12/h2-8,17H,9-10H2,1H3. The molecular weight excluding hydrogens is 214 g/mol. The van der Waals surface area contributed by atoms with Gasteiger partial charge in [-0.3, -0.25) is 10.0 Å². The molecule has 0 spiro atoms. The van der Waals surface area contributed by atoms with Crippen molar-refractivity contribution in [2.45, 2.75) is 12.8 Å². The number of hydroxylamine groups is 2. The highest BCUT2D eigenvalue weighted by atomic mass is 16.5. The minimum Gasteiger partial charge on any atom is -0.286 e. The molecule has 0 unspecified atom stereocenters. The molecule has 17 heavy (non-hydrogen) atoms. The Kier molecular flexibility index (Phi) is 3.40. The monoisotopic (exact) mass is 229 g/mol. The molecular formula is C14H15NO2. The number of hydrogen-bond donors (Lipinski definition) is 1. The Hall–Kier alpha value is -1.87. The number of aryl methyl sites for hydroxylation is 1. The molecule has 88 valence electrons. The topological polar surface area (TPSA) is 40.5 Å². The first kappa shape index (κ1) is 11.6. The molecule has 0 radical (unpaired) electrons. The zero-order valence-electron chi connectivity index (χ0n) is 9.76. The zero-order valence-corrected chi connectivity index (χ0v) is 9.76. The number of benzene rings is 2. The Morgan fingerprint density at radius 1 is 1.18 bits per heavy atom. The molecule has 0 atom stereocenters. The molecule has 0 saturated carbocycles. The van der Waals surface area contributed by atoms with Crippen molar-refractivity contribution >= 4 is 16.7 Å². The molecule has 2 aromatic rings. The van der Waals surface area contributed by atoms with Gasteiger partial charge in [-0.05, 0) is 22.8 Å². The van der Waals surface area contributed by atoms with Crippen molar-refractivity contribution in [2.24, 2.45) is 0 Å². The summed E-state index contributed by atoms with van der Waals surface area (Å²) in [5, 5.41) is 12.0. The molecule has 0 aliphatic carbocycles. The molecule has 2 aromatic carbocycles. The van der Waals surface area contributed by atoms with E-state index in [4.69, 9.17) is 5.21 Å². The maximum absolute atomic E-state index is 11.3. The summed E-state index contributed by atoms with van der Waals surface area (Å²) >= 11 is 0. The molecule has 1 amide bonds. The van der Waals surface area contributed by atoms with E-state index in [0.29, 0.717) is 17.9 Å². The summed E-state index contributed by atoms with van der Waals surface area (Å²) in [6.45, 7) is 0. The van der Waals surface area contributed by atoms with E-state index in [9.17, 15) is 4.79 Å². The van der Waals surface area contributed by atoms with Crippen molar-refractivity contribution in [3.05, 3.63) is 48.0 Å². The van der Waals surface area contributed by atoms with E-state index in [-0.39, 0.29) is 5.91 Å². The van der Waals surface area contributed by atoms with Crippen LogP contribution in [0, 0.1) is 0 Å². The molecule has 0 fully saturated rings. The van der Waals surface area contributed by atoms with Crippen LogP contribution in [-0.2, 0) is 11.2 Å². The van der Waals surface area contributed by atoms with Crippen LogP contribution >= 0.6 is 0 Å². The van der Waals surface area contributed by atoms with Crippen molar-refractivity contribution in [3.8, 4) is 0 Å². The second kappa shape index (κ2) is 4.97. The number of rotatable bonds is 3. The smallest absolute Gasteiger partial charge is 0.245 e. The van der Waals surface area contributed by atoms with Crippen LogP contribution in [0.4, 0.5) is 0 Å². The van der Waals surface area contributed by atoms with Gasteiger partial charge in [-0.25, -0.2) is 5.06 Å². The van der Waals surface area contributed by atoms with Gasteiger partial charge in [-0.15, -0.1) is 0 Å². The van der Waals surface area contributed by atoms with Crippen LogP contribution in [0.15, 0.2) is 42.5 Å². The fraction of sp³-hybridized carbons (Fsp3) is 0.214. The van der Waals surface area contributed by atoms with Crippen molar-refractivity contribution in [2.75, 3.05) is 7.05 Å². The van der Waals surface area contributed by atoms with Gasteiger partial charge in [-0.1, -0.05) is 42.5 Å². The van der Waals surface area contributed by atoms with Gasteiger partial charge in [0.05, 0.1) is 0 Å². The highest BCUT2D eigenvalue weighted by Crippen LogP contribution is 2.19. The van der Waals surface area contributed by atoms with Gasteiger partial charge in [0.2, 0.25) is 5.91 Å². The van der Waals surface area contributed by atoms with Crippen LogP contribution in [-0.4, -0.2) is 23.2 Å². The zero-order chi connectivity index (χ0) is 12.3. The summed E-state index contributed by atoms with van der Waals surface area (Å²) in [5.74, 6) is -0.266. The molecule has 1 N–H and O–H groups in total. The summed E-state index contributed by atoms with van der Waals surface area (Å²) < 4.78 is 0. The van der Waals surface area contributed by atoms with E-state index >= 15 is 0 Å². The minimum atomic E-state index is -0.266. The average Bonchev–Trinajstić information content (AvgIpc) is 2.35. The first-order valence-corrected chi connectivity index (χ1v) is 5.60. The lowest BCUT2D eigenvalue weighted by Crippen LogP contribution is -2.22. The number of hydrogen-bond acceptors (Lipinski definition) is 2. The summed E-state index contributed by atoms with van der Waals surface area (Å²) in [6, 6.07) is 14.2. The van der Waals surface area contributed by atoms with E-state index in [1.807, 2.05) is 24.3 Å². The van der Waals surface area contributed by atoms with Crippen LogP contribution in [0.5, 0.6) is 0 Å². The Morgan fingerprint density at radius 3 is 2.65 bits per heavy atom. The van der Waals surface area contributed by atoms with Gasteiger partial charge in [0, 0.05) is 13.5 Å². The summed E-state index contributed by atoms with van der Waals surface area (Å²) in [6.07, 6.45) is 0.964. The predicted molar refractivity (Wildman–Crippen MR) is 66.8 cm³/mol. The Balaban J connectivity index is 2.21. The maximum atomic E-state index is 11.3. The highest BCUT2D eigenvalue weighted by Gasteiger charge is 2.07. The first-order chi connectivity index (χ1) is 8.18. The second-order valence-corrected chi connectivity index (χ2v) is 4.06. The molecule has 0 aliphatic heterocycles. The van der Waals surface area contributed by atoms with Crippen LogP contribution in [0.1, 0.15) is 12.0 Å². The molecule has 3 nitrogen and oxygen atoms in total. The summed E-state index contributed by atoms with van der Waals surface area (Å²) in [4.78, 5) is 11.3. The maximum Gasteiger partial charge on any atom is 0.245 e. The van der Waals surface area contributed by atoms with Crippen molar-refractivity contribution in [1.29, 1.82) is 0 Å². The molecule has 0 aliphatic rings. The van der Waals surface area contributed by atoms with Crippen LogP contribution < -0.4 is 0 Å². The van der Waals surface area contributed by atoms with Crippen molar-refractivity contribution in [1.82, 2.24) is 5.06 Å². The van der Waals surface area contributed by atoms with Crippen LogP contribution in [0.2, 0.25) is 0 Å². The van der Waals surface area contributed by atoms with E-state index < -0.39 is 0 Å². The number of nitrogens with zero attached hydrogens (tertiary/aromatic N) is 1. The second-order valence-electron chi connectivity index (χ2n) is 4.06. The molecule has 0 saturated heterocycles. The van der Waals surface area contributed by atoms with Crippen molar-refractivity contribution < 1.29 is 10.0 Å². The third-order valence-electron chi connectivity index (χ3n) is 2.85. The van der Waals surface area contributed by atoms with Gasteiger partial charge < -0.3 is 0 Å². The summed E-state index contributed by atoms with van der Waals surface area (Å²) in [5.41, 5.74) is 1.14. The van der Waals surface area contributed by atoms with Gasteiger partial charge in [0.1, 0.15) is 0 Å². The Bertz CT molecular complexity index is 529. The highest BCUT2D eigenvalue weighted by molar-refractivity contribution is 5.86. The third kappa shape index (κ3) is 2.63. The number of carbonyl (C=O) groups excluding carboxylic acids is 1. The van der Waals surface area contributed by atoms with Crippen LogP contribution in [0.25, 0.3) is 10.8 Å². The number of fused-ring (bicyclic) bond motifs is 1. The quantitative estimate of drug-likeness (QED) is 0.649. The molecule has 0 heterocycles. The molecule has 0 bridgehead atoms. The first-order valence-electron chi connectivity index (χ1n) is 5.60. The van der Waals surface area contributed by atoms with Gasteiger partial charge in [-0.2, -0.15) is 0 Å². The number of amides is 1. The third-order valence-corrected chi connectivity index (χ3v) is 2.85. The van der Waals surface area contributed by atoms with Crippen LogP contribution in [0.3, 0.4) is 0 Å². The summed E-state index contributed by atoms with van der Waals surface area (Å²) in [7, 11) is 1.35. The lowest BCUT2D eigenvalue weighted by atomic mass is 10.0. The lowest BCUT2D eigenvalue weighted by Gasteiger charge is -2.09. The SMILES string of the molecule is CN(O)C(=O)CCc1cccc2ccccc12. The Morgan fingerprint density at radius 2 is 1.88 bits per heavy atom. The van der Waals surface area contributed by atoms with E-state index in [0.717, 1.165) is 5.56 Å².